The maximum atomic E-state index is 11.1. The molecule has 1 aromatic carbocycles. The Bertz CT molecular complexity index is 543. The zero-order valence-corrected chi connectivity index (χ0v) is 9.35. The molecule has 0 aliphatic heterocycles. The molecule has 2 N–H and O–H groups in total. The number of nitrogens with zero attached hydrogens (tertiary/aromatic N) is 2. The lowest BCUT2D eigenvalue weighted by molar-refractivity contribution is 0.0706. The number of hydrogen-bond donors (Lipinski definition) is 2. The molecular formula is C11H8ClN3O2. The van der Waals surface area contributed by atoms with E-state index in [1.54, 1.807) is 42.0 Å². The van der Waals surface area contributed by atoms with Gasteiger partial charge >= 0.3 is 0 Å². The third-order valence-electron chi connectivity index (χ3n) is 2.17. The van der Waals surface area contributed by atoms with Crippen molar-refractivity contribution in [1.82, 2.24) is 15.4 Å². The molecule has 6 heteroatoms. The number of carbonyl (C=O) groups is 1. The van der Waals surface area contributed by atoms with Gasteiger partial charge in [-0.05, 0) is 29.8 Å². The Morgan fingerprint density at radius 1 is 1.24 bits per heavy atom. The predicted molar refractivity (Wildman–Crippen MR) is 61.7 cm³/mol. The van der Waals surface area contributed by atoms with Gasteiger partial charge in [0, 0.05) is 17.3 Å². The topological polar surface area (TPSA) is 75.1 Å². The Hall–Kier alpha value is -1.98. The number of amides is 1. The molecule has 0 radical (unpaired) electrons. The number of benzene rings is 1. The molecule has 1 amide bonds. The minimum absolute atomic E-state index is 0.166. The second-order valence-electron chi connectivity index (χ2n) is 3.23. The highest BCUT2D eigenvalue weighted by Crippen LogP contribution is 2.18. The van der Waals surface area contributed by atoms with Gasteiger partial charge < -0.3 is 0 Å². The number of rotatable bonds is 2. The van der Waals surface area contributed by atoms with Crippen LogP contribution in [-0.2, 0) is 0 Å². The van der Waals surface area contributed by atoms with Gasteiger partial charge in [0.2, 0.25) is 5.28 Å². The number of halogens is 1. The number of hydrogen-bond acceptors (Lipinski definition) is 4. The van der Waals surface area contributed by atoms with Gasteiger partial charge in [0.05, 0.1) is 5.69 Å². The fourth-order valence-electron chi connectivity index (χ4n) is 1.35. The van der Waals surface area contributed by atoms with Crippen LogP contribution in [0, 0.1) is 0 Å². The number of aromatic nitrogens is 2. The Morgan fingerprint density at radius 2 is 1.94 bits per heavy atom. The molecule has 0 aliphatic carbocycles. The standard InChI is InChI=1S/C11H8ClN3O2/c12-11-13-6-5-9(14-11)7-1-3-8(4-2-7)10(16)15-17/h1-6,17H,(H,15,16). The van der Waals surface area contributed by atoms with Gasteiger partial charge in [-0.1, -0.05) is 12.1 Å². The van der Waals surface area contributed by atoms with E-state index in [1.807, 2.05) is 0 Å². The van der Waals surface area contributed by atoms with Crippen molar-refractivity contribution in [3.63, 3.8) is 0 Å². The van der Waals surface area contributed by atoms with Crippen LogP contribution in [0.2, 0.25) is 5.28 Å². The van der Waals surface area contributed by atoms with Crippen LogP contribution in [0.4, 0.5) is 0 Å². The van der Waals surface area contributed by atoms with E-state index >= 15 is 0 Å². The van der Waals surface area contributed by atoms with Crippen LogP contribution in [0.25, 0.3) is 11.3 Å². The number of nitrogens with one attached hydrogen (secondary N) is 1. The molecule has 0 unspecified atom stereocenters. The first-order chi connectivity index (χ1) is 8.20. The fourth-order valence-corrected chi connectivity index (χ4v) is 1.50. The fraction of sp³-hybridized carbons (Fsp3) is 0. The monoisotopic (exact) mass is 249 g/mol. The van der Waals surface area contributed by atoms with Crippen LogP contribution in [0.15, 0.2) is 36.5 Å². The highest BCUT2D eigenvalue weighted by atomic mass is 35.5. The van der Waals surface area contributed by atoms with E-state index in [0.29, 0.717) is 11.3 Å². The van der Waals surface area contributed by atoms with Crippen LogP contribution < -0.4 is 5.48 Å². The third kappa shape index (κ3) is 2.58. The maximum absolute atomic E-state index is 11.1. The molecule has 17 heavy (non-hydrogen) atoms. The summed E-state index contributed by atoms with van der Waals surface area (Å²) in [6.45, 7) is 0. The van der Waals surface area contributed by atoms with Gasteiger partial charge in [-0.25, -0.2) is 15.4 Å². The van der Waals surface area contributed by atoms with Gasteiger partial charge in [0.15, 0.2) is 0 Å². The van der Waals surface area contributed by atoms with Crippen LogP contribution >= 0.6 is 11.6 Å². The zero-order valence-electron chi connectivity index (χ0n) is 8.59. The molecular weight excluding hydrogens is 242 g/mol. The molecule has 0 bridgehead atoms. The highest BCUT2D eigenvalue weighted by Gasteiger charge is 2.05. The first-order valence-electron chi connectivity index (χ1n) is 4.74. The van der Waals surface area contributed by atoms with Crippen molar-refractivity contribution in [3.8, 4) is 11.3 Å². The van der Waals surface area contributed by atoms with E-state index in [0.717, 1.165) is 5.56 Å². The van der Waals surface area contributed by atoms with E-state index in [-0.39, 0.29) is 5.28 Å². The Kier molecular flexibility index (Phi) is 3.32. The lowest BCUT2D eigenvalue weighted by Crippen LogP contribution is -2.18. The molecule has 1 aromatic heterocycles. The number of hydroxylamine groups is 1. The third-order valence-corrected chi connectivity index (χ3v) is 2.35. The van der Waals surface area contributed by atoms with E-state index < -0.39 is 5.91 Å². The molecule has 0 aliphatic rings. The lowest BCUT2D eigenvalue weighted by Gasteiger charge is -2.02. The van der Waals surface area contributed by atoms with Gasteiger partial charge in [-0.3, -0.25) is 10.0 Å². The van der Waals surface area contributed by atoms with Crippen LogP contribution in [0.3, 0.4) is 0 Å². The first-order valence-corrected chi connectivity index (χ1v) is 5.12. The van der Waals surface area contributed by atoms with Crippen molar-refractivity contribution in [2.45, 2.75) is 0 Å². The molecule has 0 spiro atoms. The number of carbonyl (C=O) groups excluding carboxylic acids is 1. The molecule has 0 saturated heterocycles. The summed E-state index contributed by atoms with van der Waals surface area (Å²) in [5.41, 5.74) is 3.40. The molecule has 2 aromatic rings. The summed E-state index contributed by atoms with van der Waals surface area (Å²) in [6, 6.07) is 8.30. The highest BCUT2D eigenvalue weighted by molar-refractivity contribution is 6.28. The van der Waals surface area contributed by atoms with Crippen LogP contribution in [0.5, 0.6) is 0 Å². The molecule has 0 saturated carbocycles. The minimum atomic E-state index is -0.558. The van der Waals surface area contributed by atoms with E-state index in [4.69, 9.17) is 16.8 Å². The Morgan fingerprint density at radius 3 is 2.53 bits per heavy atom. The molecule has 1 heterocycles. The predicted octanol–water partition coefficient (Wildman–Crippen LogP) is 1.92. The molecule has 5 nitrogen and oxygen atoms in total. The normalized spacial score (nSPS) is 10.0. The maximum Gasteiger partial charge on any atom is 0.274 e. The largest absolute Gasteiger partial charge is 0.288 e. The summed E-state index contributed by atoms with van der Waals surface area (Å²) in [7, 11) is 0. The smallest absolute Gasteiger partial charge is 0.274 e. The van der Waals surface area contributed by atoms with Crippen molar-refractivity contribution in [2.75, 3.05) is 0 Å². The average molecular weight is 250 g/mol. The Balaban J connectivity index is 2.32. The van der Waals surface area contributed by atoms with Crippen LogP contribution in [-0.4, -0.2) is 21.1 Å². The van der Waals surface area contributed by atoms with Crippen molar-refractivity contribution >= 4 is 17.5 Å². The summed E-state index contributed by atoms with van der Waals surface area (Å²) in [5.74, 6) is -0.558. The molecule has 86 valence electrons. The van der Waals surface area contributed by atoms with Gasteiger partial charge in [-0.15, -0.1) is 0 Å². The summed E-state index contributed by atoms with van der Waals surface area (Å²) in [5, 5.41) is 8.64. The second kappa shape index (κ2) is 4.90. The quantitative estimate of drug-likeness (QED) is 0.484. The van der Waals surface area contributed by atoms with Gasteiger partial charge in [-0.2, -0.15) is 0 Å². The summed E-state index contributed by atoms with van der Waals surface area (Å²) < 4.78 is 0. The molecule has 2 rings (SSSR count). The van der Waals surface area contributed by atoms with E-state index in [2.05, 4.69) is 9.97 Å². The molecule has 0 fully saturated rings. The second-order valence-corrected chi connectivity index (χ2v) is 3.57. The van der Waals surface area contributed by atoms with Gasteiger partial charge in [0.25, 0.3) is 5.91 Å². The first kappa shape index (κ1) is 11.5. The zero-order chi connectivity index (χ0) is 12.3. The van der Waals surface area contributed by atoms with Crippen LogP contribution in [0.1, 0.15) is 10.4 Å². The van der Waals surface area contributed by atoms with E-state index in [1.165, 1.54) is 0 Å². The summed E-state index contributed by atoms with van der Waals surface area (Å²) in [6.07, 6.45) is 1.55. The SMILES string of the molecule is O=C(NO)c1ccc(-c2ccnc(Cl)n2)cc1. The van der Waals surface area contributed by atoms with Crippen molar-refractivity contribution < 1.29 is 10.0 Å². The summed E-state index contributed by atoms with van der Waals surface area (Å²) >= 11 is 5.68. The van der Waals surface area contributed by atoms with Gasteiger partial charge in [0.1, 0.15) is 0 Å². The lowest BCUT2D eigenvalue weighted by atomic mass is 10.1. The average Bonchev–Trinajstić information content (AvgIpc) is 2.38. The van der Waals surface area contributed by atoms with Crippen molar-refractivity contribution in [1.29, 1.82) is 0 Å². The van der Waals surface area contributed by atoms with Crippen molar-refractivity contribution in [2.24, 2.45) is 0 Å². The van der Waals surface area contributed by atoms with Crippen molar-refractivity contribution in [3.05, 3.63) is 47.4 Å². The Labute approximate surface area is 102 Å². The molecule has 0 atom stereocenters. The van der Waals surface area contributed by atoms with E-state index in [9.17, 15) is 4.79 Å². The summed E-state index contributed by atoms with van der Waals surface area (Å²) in [4.78, 5) is 18.9. The minimum Gasteiger partial charge on any atom is -0.288 e.